The Bertz CT molecular complexity index is 470. The molecular weight excluding hydrogens is 276 g/mol. The van der Waals surface area contributed by atoms with Gasteiger partial charge in [-0.05, 0) is 49.9 Å². The molecule has 4 heteroatoms. The Kier molecular flexibility index (Phi) is 3.66. The Morgan fingerprint density at radius 1 is 1.09 bits per heavy atom. The SMILES string of the molecule is CC1CCN(C(=O)C2CC(=O)N(C3CC4CCC3C4)C2)CC1. The van der Waals surface area contributed by atoms with E-state index in [9.17, 15) is 9.59 Å². The fourth-order valence-corrected chi connectivity index (χ4v) is 5.30. The Morgan fingerprint density at radius 3 is 2.50 bits per heavy atom. The lowest BCUT2D eigenvalue weighted by molar-refractivity contribution is -0.137. The summed E-state index contributed by atoms with van der Waals surface area (Å²) in [5, 5.41) is 0. The van der Waals surface area contributed by atoms with E-state index >= 15 is 0 Å². The van der Waals surface area contributed by atoms with E-state index in [1.165, 1.54) is 25.7 Å². The number of nitrogens with zero attached hydrogens (tertiary/aromatic N) is 2. The molecule has 0 aromatic carbocycles. The third-order valence-electron chi connectivity index (χ3n) is 6.70. The Balaban J connectivity index is 1.38. The highest BCUT2D eigenvalue weighted by molar-refractivity contribution is 5.89. The van der Waals surface area contributed by atoms with Crippen molar-refractivity contribution < 1.29 is 9.59 Å². The summed E-state index contributed by atoms with van der Waals surface area (Å²) in [6.45, 7) is 4.73. The maximum absolute atomic E-state index is 12.7. The first-order valence-electron chi connectivity index (χ1n) is 9.20. The van der Waals surface area contributed by atoms with E-state index in [1.54, 1.807) is 0 Å². The van der Waals surface area contributed by atoms with Crippen molar-refractivity contribution in [1.82, 2.24) is 9.80 Å². The molecule has 0 aromatic rings. The number of carbonyl (C=O) groups is 2. The van der Waals surface area contributed by atoms with Crippen LogP contribution in [-0.2, 0) is 9.59 Å². The van der Waals surface area contributed by atoms with Crippen LogP contribution in [0.1, 0.15) is 51.9 Å². The zero-order valence-electron chi connectivity index (χ0n) is 13.7. The van der Waals surface area contributed by atoms with E-state index in [0.717, 1.165) is 43.7 Å². The van der Waals surface area contributed by atoms with Gasteiger partial charge >= 0.3 is 0 Å². The number of fused-ring (bicyclic) bond motifs is 2. The van der Waals surface area contributed by atoms with Gasteiger partial charge in [-0.3, -0.25) is 9.59 Å². The quantitative estimate of drug-likeness (QED) is 0.785. The minimum atomic E-state index is -0.0694. The third-order valence-corrected chi connectivity index (χ3v) is 6.70. The minimum Gasteiger partial charge on any atom is -0.342 e. The zero-order chi connectivity index (χ0) is 15.3. The molecule has 0 spiro atoms. The standard InChI is InChI=1S/C18H28N2O2/c1-12-4-6-19(7-5-12)18(22)15-10-17(21)20(11-15)16-9-13-2-3-14(16)8-13/h12-16H,2-11H2,1H3. The molecule has 2 saturated carbocycles. The molecule has 0 radical (unpaired) electrons. The van der Waals surface area contributed by atoms with Crippen molar-refractivity contribution in [2.45, 2.75) is 57.9 Å². The average molecular weight is 304 g/mol. The fourth-order valence-electron chi connectivity index (χ4n) is 5.30. The first-order valence-corrected chi connectivity index (χ1v) is 9.20. The summed E-state index contributed by atoms with van der Waals surface area (Å²) >= 11 is 0. The van der Waals surface area contributed by atoms with Gasteiger partial charge in [0.25, 0.3) is 0 Å². The molecule has 0 N–H and O–H groups in total. The normalized spacial score (nSPS) is 39.0. The van der Waals surface area contributed by atoms with Crippen LogP contribution in [0.5, 0.6) is 0 Å². The van der Waals surface area contributed by atoms with Gasteiger partial charge in [-0.2, -0.15) is 0 Å². The second kappa shape index (κ2) is 5.54. The van der Waals surface area contributed by atoms with Gasteiger partial charge < -0.3 is 9.80 Å². The highest BCUT2D eigenvalue weighted by atomic mass is 16.2. The van der Waals surface area contributed by atoms with Gasteiger partial charge in [-0.15, -0.1) is 0 Å². The van der Waals surface area contributed by atoms with Crippen LogP contribution in [0.2, 0.25) is 0 Å². The first kappa shape index (κ1) is 14.5. The first-order chi connectivity index (χ1) is 10.6. The van der Waals surface area contributed by atoms with Crippen molar-refractivity contribution in [3.8, 4) is 0 Å². The Morgan fingerprint density at radius 2 is 1.86 bits per heavy atom. The molecule has 4 nitrogen and oxygen atoms in total. The lowest BCUT2D eigenvalue weighted by Gasteiger charge is -2.33. The number of carbonyl (C=O) groups excluding carboxylic acids is 2. The molecule has 2 bridgehead atoms. The molecule has 4 aliphatic rings. The van der Waals surface area contributed by atoms with Crippen LogP contribution in [0, 0.1) is 23.7 Å². The highest BCUT2D eigenvalue weighted by Gasteiger charge is 2.47. The molecule has 0 aromatic heterocycles. The molecule has 4 unspecified atom stereocenters. The van der Waals surface area contributed by atoms with Gasteiger partial charge in [0.1, 0.15) is 0 Å². The molecule has 4 atom stereocenters. The predicted molar refractivity (Wildman–Crippen MR) is 84.0 cm³/mol. The minimum absolute atomic E-state index is 0.0694. The van der Waals surface area contributed by atoms with Gasteiger partial charge in [0.2, 0.25) is 11.8 Å². The summed E-state index contributed by atoms with van der Waals surface area (Å²) in [6.07, 6.45) is 7.85. The van der Waals surface area contributed by atoms with Crippen molar-refractivity contribution in [3.63, 3.8) is 0 Å². The Labute approximate surface area is 133 Å². The van der Waals surface area contributed by atoms with Crippen molar-refractivity contribution in [3.05, 3.63) is 0 Å². The van der Waals surface area contributed by atoms with E-state index < -0.39 is 0 Å². The van der Waals surface area contributed by atoms with E-state index in [0.29, 0.717) is 19.0 Å². The van der Waals surface area contributed by atoms with E-state index in [4.69, 9.17) is 0 Å². The number of likely N-dealkylation sites (tertiary alicyclic amines) is 2. The fraction of sp³-hybridized carbons (Fsp3) is 0.889. The van der Waals surface area contributed by atoms with Crippen LogP contribution in [0.3, 0.4) is 0 Å². The molecule has 4 fully saturated rings. The summed E-state index contributed by atoms with van der Waals surface area (Å²) in [4.78, 5) is 29.3. The van der Waals surface area contributed by atoms with Crippen molar-refractivity contribution in [2.24, 2.45) is 23.7 Å². The number of hydrogen-bond acceptors (Lipinski definition) is 2. The summed E-state index contributed by atoms with van der Waals surface area (Å²) in [5.41, 5.74) is 0. The molecule has 2 heterocycles. The second-order valence-corrected chi connectivity index (χ2v) is 8.20. The number of hydrogen-bond donors (Lipinski definition) is 0. The van der Waals surface area contributed by atoms with Crippen LogP contribution >= 0.6 is 0 Å². The van der Waals surface area contributed by atoms with Crippen LogP contribution in [0.25, 0.3) is 0 Å². The van der Waals surface area contributed by atoms with Crippen LogP contribution < -0.4 is 0 Å². The molecule has 2 aliphatic carbocycles. The van der Waals surface area contributed by atoms with Gasteiger partial charge in [0.05, 0.1) is 5.92 Å². The average Bonchev–Trinajstić information content (AvgIpc) is 3.22. The van der Waals surface area contributed by atoms with Gasteiger partial charge in [-0.25, -0.2) is 0 Å². The van der Waals surface area contributed by atoms with Crippen molar-refractivity contribution in [2.75, 3.05) is 19.6 Å². The van der Waals surface area contributed by atoms with E-state index in [-0.39, 0.29) is 17.7 Å². The topological polar surface area (TPSA) is 40.6 Å². The molecule has 2 amide bonds. The number of amides is 2. The summed E-state index contributed by atoms with van der Waals surface area (Å²) in [6, 6.07) is 0.449. The number of piperidine rings is 1. The lowest BCUT2D eigenvalue weighted by atomic mass is 9.94. The van der Waals surface area contributed by atoms with Crippen LogP contribution in [0.4, 0.5) is 0 Å². The maximum Gasteiger partial charge on any atom is 0.227 e. The molecule has 4 rings (SSSR count). The highest BCUT2D eigenvalue weighted by Crippen LogP contribution is 2.47. The number of rotatable bonds is 2. The van der Waals surface area contributed by atoms with Crippen molar-refractivity contribution in [1.29, 1.82) is 0 Å². The lowest BCUT2D eigenvalue weighted by Crippen LogP contribution is -2.43. The monoisotopic (exact) mass is 304 g/mol. The zero-order valence-corrected chi connectivity index (χ0v) is 13.7. The molecule has 122 valence electrons. The van der Waals surface area contributed by atoms with Gasteiger partial charge in [-0.1, -0.05) is 13.3 Å². The van der Waals surface area contributed by atoms with Gasteiger partial charge in [0, 0.05) is 32.1 Å². The van der Waals surface area contributed by atoms with Crippen molar-refractivity contribution >= 4 is 11.8 Å². The smallest absolute Gasteiger partial charge is 0.227 e. The summed E-state index contributed by atoms with van der Waals surface area (Å²) < 4.78 is 0. The maximum atomic E-state index is 12.7. The molecule has 22 heavy (non-hydrogen) atoms. The van der Waals surface area contributed by atoms with Crippen LogP contribution in [0.15, 0.2) is 0 Å². The molecular formula is C18H28N2O2. The third kappa shape index (κ3) is 2.44. The summed E-state index contributed by atoms with van der Waals surface area (Å²) in [5.74, 6) is 2.71. The largest absolute Gasteiger partial charge is 0.342 e. The molecule has 2 saturated heterocycles. The van der Waals surface area contributed by atoms with E-state index in [1.807, 2.05) is 4.90 Å². The molecule has 2 aliphatic heterocycles. The Hall–Kier alpha value is -1.06. The van der Waals surface area contributed by atoms with E-state index in [2.05, 4.69) is 11.8 Å². The van der Waals surface area contributed by atoms with Gasteiger partial charge in [0.15, 0.2) is 0 Å². The predicted octanol–water partition coefficient (Wildman–Crippen LogP) is 2.28. The summed E-state index contributed by atoms with van der Waals surface area (Å²) in [7, 11) is 0. The second-order valence-electron chi connectivity index (χ2n) is 8.20. The van der Waals surface area contributed by atoms with Crippen LogP contribution in [-0.4, -0.2) is 47.3 Å².